The van der Waals surface area contributed by atoms with Gasteiger partial charge in [-0.2, -0.15) is 13.2 Å². The molecule has 0 unspecified atom stereocenters. The third-order valence-corrected chi connectivity index (χ3v) is 8.80. The van der Waals surface area contributed by atoms with E-state index in [0.29, 0.717) is 50.4 Å². The number of nitrogens with two attached hydrogens (primary N) is 2. The van der Waals surface area contributed by atoms with E-state index in [4.69, 9.17) is 16.9 Å². The summed E-state index contributed by atoms with van der Waals surface area (Å²) in [6, 6.07) is 6.99. The van der Waals surface area contributed by atoms with Gasteiger partial charge < -0.3 is 27.2 Å². The van der Waals surface area contributed by atoms with E-state index in [1.807, 2.05) is 13.8 Å². The van der Waals surface area contributed by atoms with Crippen LogP contribution in [0.25, 0.3) is 22.2 Å². The Morgan fingerprint density at radius 1 is 1.19 bits per heavy atom. The molecule has 10 heteroatoms. The number of carbonyl (C=O) groups is 1. The highest BCUT2D eigenvalue weighted by molar-refractivity contribution is 6.17. The van der Waals surface area contributed by atoms with Crippen molar-refractivity contribution in [2.24, 2.45) is 16.1 Å². The lowest BCUT2D eigenvalue weighted by molar-refractivity contribution is -0.137. The van der Waals surface area contributed by atoms with Crippen LogP contribution in [0.4, 0.5) is 24.5 Å². The Morgan fingerprint density at radius 2 is 1.88 bits per heavy atom. The molecular weight excluding hydrogens is 553 g/mol. The van der Waals surface area contributed by atoms with Crippen molar-refractivity contribution in [1.29, 1.82) is 5.41 Å². The number of nitrogens with zero attached hydrogens (tertiary/aromatic N) is 1. The molecule has 0 saturated heterocycles. The molecule has 0 atom stereocenters. The fourth-order valence-corrected chi connectivity index (χ4v) is 5.71. The third-order valence-electron chi connectivity index (χ3n) is 8.80. The molecule has 0 aliphatic heterocycles. The van der Waals surface area contributed by atoms with E-state index >= 15 is 0 Å². The van der Waals surface area contributed by atoms with Gasteiger partial charge in [0.25, 0.3) is 5.91 Å². The number of allylic oxidation sites excluding steroid dienone is 2. The van der Waals surface area contributed by atoms with Crippen molar-refractivity contribution in [3.63, 3.8) is 0 Å². The highest BCUT2D eigenvalue weighted by Gasteiger charge is 2.43. The highest BCUT2D eigenvalue weighted by atomic mass is 19.4. The Hall–Kier alpha value is -4.34. The second-order valence-electron chi connectivity index (χ2n) is 11.8. The van der Waals surface area contributed by atoms with Crippen LogP contribution in [-0.2, 0) is 11.0 Å². The molecule has 7 nitrogen and oxygen atoms in total. The lowest BCUT2D eigenvalue weighted by Crippen LogP contribution is -2.32. The number of nitrogen functional groups attached to an aromatic ring is 1. The SMILES string of the molecule is CC/C(C)=c1/c(=C(\N=C(C)c2ccc(C(F)(F)F)cc2NC(=C2CCC2)C2(C)CC2)C(N)=O)[nH]c2ccc(N)c(C=N)c12. The molecule has 226 valence electrons. The summed E-state index contributed by atoms with van der Waals surface area (Å²) in [6.07, 6.45) is 2.15. The Kier molecular flexibility index (Phi) is 7.75. The van der Waals surface area contributed by atoms with Gasteiger partial charge in [0.15, 0.2) is 5.70 Å². The van der Waals surface area contributed by atoms with E-state index in [2.05, 4.69) is 22.2 Å². The van der Waals surface area contributed by atoms with Crippen molar-refractivity contribution in [2.75, 3.05) is 11.1 Å². The minimum atomic E-state index is -4.53. The lowest BCUT2D eigenvalue weighted by Gasteiger charge is -2.28. The van der Waals surface area contributed by atoms with Crippen LogP contribution < -0.4 is 27.4 Å². The summed E-state index contributed by atoms with van der Waals surface area (Å²) in [5, 5.41) is 13.1. The predicted molar refractivity (Wildman–Crippen MR) is 167 cm³/mol. The number of aliphatic imine (C=N–C) groups is 1. The first-order chi connectivity index (χ1) is 20.3. The smallest absolute Gasteiger partial charge is 0.398 e. The fourth-order valence-electron chi connectivity index (χ4n) is 5.71. The number of benzene rings is 2. The van der Waals surface area contributed by atoms with Crippen molar-refractivity contribution >= 4 is 51.4 Å². The largest absolute Gasteiger partial charge is 0.416 e. The predicted octanol–water partition coefficient (Wildman–Crippen LogP) is 6.10. The zero-order chi connectivity index (χ0) is 31.3. The van der Waals surface area contributed by atoms with Gasteiger partial charge in [0.05, 0.1) is 10.9 Å². The van der Waals surface area contributed by atoms with Gasteiger partial charge in [-0.1, -0.05) is 31.1 Å². The average molecular weight is 591 g/mol. The van der Waals surface area contributed by atoms with Gasteiger partial charge in [0.1, 0.15) is 0 Å². The first-order valence-corrected chi connectivity index (χ1v) is 14.5. The maximum Gasteiger partial charge on any atom is 0.416 e. The number of anilines is 2. The number of hydrogen-bond acceptors (Lipinski definition) is 5. The molecule has 2 aromatic carbocycles. The van der Waals surface area contributed by atoms with Gasteiger partial charge >= 0.3 is 6.18 Å². The van der Waals surface area contributed by atoms with E-state index < -0.39 is 17.6 Å². The summed E-state index contributed by atoms with van der Waals surface area (Å²) in [5.41, 5.74) is 17.0. The topological polar surface area (TPSA) is 133 Å². The zero-order valence-electron chi connectivity index (χ0n) is 24.9. The number of aromatic nitrogens is 1. The third kappa shape index (κ3) is 5.58. The number of rotatable bonds is 8. The number of fused-ring (bicyclic) bond motifs is 1. The van der Waals surface area contributed by atoms with Crippen molar-refractivity contribution in [2.45, 2.75) is 72.4 Å². The monoisotopic (exact) mass is 590 g/mol. The number of primary amides is 1. The van der Waals surface area contributed by atoms with Gasteiger partial charge in [0.2, 0.25) is 0 Å². The summed E-state index contributed by atoms with van der Waals surface area (Å²) in [4.78, 5) is 20.9. The Balaban J connectivity index is 1.77. The summed E-state index contributed by atoms with van der Waals surface area (Å²) >= 11 is 0. The minimum Gasteiger partial charge on any atom is -0.398 e. The van der Waals surface area contributed by atoms with Gasteiger partial charge in [-0.25, -0.2) is 4.99 Å². The molecule has 1 aromatic heterocycles. The molecule has 2 saturated carbocycles. The maximum absolute atomic E-state index is 13.8. The summed E-state index contributed by atoms with van der Waals surface area (Å²) in [7, 11) is 0. The zero-order valence-corrected chi connectivity index (χ0v) is 24.9. The van der Waals surface area contributed by atoms with Crippen LogP contribution >= 0.6 is 0 Å². The molecule has 7 N–H and O–H groups in total. The van der Waals surface area contributed by atoms with E-state index in [1.165, 1.54) is 17.9 Å². The van der Waals surface area contributed by atoms with Crippen molar-refractivity contribution < 1.29 is 18.0 Å². The molecule has 2 aliphatic carbocycles. The summed E-state index contributed by atoms with van der Waals surface area (Å²) < 4.78 is 41.5. The first kappa shape index (κ1) is 30.1. The first-order valence-electron chi connectivity index (χ1n) is 14.5. The number of halogens is 3. The number of nitrogens with one attached hydrogen (secondary N) is 3. The quantitative estimate of drug-likeness (QED) is 0.160. The Bertz CT molecular complexity index is 1830. The normalized spacial score (nSPS) is 17.7. The number of alkyl halides is 3. The molecule has 0 radical (unpaired) electrons. The molecule has 2 fully saturated rings. The Morgan fingerprint density at radius 3 is 2.42 bits per heavy atom. The molecule has 1 heterocycles. The second-order valence-corrected chi connectivity index (χ2v) is 11.8. The highest BCUT2D eigenvalue weighted by Crippen LogP contribution is 2.54. The van der Waals surface area contributed by atoms with E-state index in [0.717, 1.165) is 55.5 Å². The van der Waals surface area contributed by atoms with Crippen LogP contribution in [0.2, 0.25) is 0 Å². The van der Waals surface area contributed by atoms with Crippen molar-refractivity contribution in [1.82, 2.24) is 4.98 Å². The summed E-state index contributed by atoms with van der Waals surface area (Å²) in [5.74, 6) is -0.801. The number of aromatic amines is 1. The van der Waals surface area contributed by atoms with Crippen LogP contribution in [0.15, 0.2) is 46.6 Å². The minimum absolute atomic E-state index is 0.0661. The van der Waals surface area contributed by atoms with Gasteiger partial charge in [0, 0.05) is 61.7 Å². The molecule has 43 heavy (non-hydrogen) atoms. The molecule has 3 aromatic rings. The average Bonchev–Trinajstić information content (AvgIpc) is 3.56. The second kappa shape index (κ2) is 11.1. The van der Waals surface area contributed by atoms with Crippen LogP contribution in [0, 0.1) is 10.8 Å². The van der Waals surface area contributed by atoms with Crippen LogP contribution in [0.5, 0.6) is 0 Å². The number of hydrogen-bond donors (Lipinski definition) is 5. The standard InChI is InChI=1S/C33H37F3N6O/c1-5-17(2)26-27-22(16-37)23(38)11-12-24(27)41-28(26)29(31(39)43)40-18(3)21-10-9-20(33(34,35)36)15-25(21)42-30(19-7-6-8-19)32(4)13-14-32/h9-12,15-16,37,41-42H,5-8,13-14,38H2,1-4H3,(H2,39,43)/b26-17+,29-28+,37-16?,40-18?. The van der Waals surface area contributed by atoms with Gasteiger partial charge in [-0.15, -0.1) is 0 Å². The molecule has 0 spiro atoms. The van der Waals surface area contributed by atoms with Crippen molar-refractivity contribution in [3.05, 3.63) is 68.9 Å². The molecule has 0 bridgehead atoms. The molecule has 5 rings (SSSR count). The van der Waals surface area contributed by atoms with Crippen LogP contribution in [-0.4, -0.2) is 22.8 Å². The number of H-pyrrole nitrogens is 1. The number of carbonyl (C=O) groups excluding carboxylic acids is 1. The molecular formula is C33H37F3N6O. The van der Waals surface area contributed by atoms with Crippen LogP contribution in [0.1, 0.15) is 82.9 Å². The van der Waals surface area contributed by atoms with E-state index in [1.54, 1.807) is 19.1 Å². The lowest BCUT2D eigenvalue weighted by atomic mass is 9.85. The molecule has 2 aliphatic rings. The maximum atomic E-state index is 13.8. The fraction of sp³-hybridized carbons (Fsp3) is 0.364. The molecule has 1 amide bonds. The summed E-state index contributed by atoms with van der Waals surface area (Å²) in [6.45, 7) is 7.68. The van der Waals surface area contributed by atoms with Crippen LogP contribution in [0.3, 0.4) is 0 Å². The van der Waals surface area contributed by atoms with Gasteiger partial charge in [-0.05, 0) is 76.6 Å². The van der Waals surface area contributed by atoms with Crippen molar-refractivity contribution in [3.8, 4) is 0 Å². The van der Waals surface area contributed by atoms with E-state index in [-0.39, 0.29) is 16.8 Å². The number of amides is 1. The van der Waals surface area contributed by atoms with Gasteiger partial charge in [-0.3, -0.25) is 4.79 Å². The Labute approximate surface area is 248 Å². The van der Waals surface area contributed by atoms with E-state index in [9.17, 15) is 18.0 Å².